The molecule has 6 nitrogen and oxygen atoms in total. The summed E-state index contributed by atoms with van der Waals surface area (Å²) in [6, 6.07) is 4.61. The normalized spacial score (nSPS) is 10.4. The standard InChI is InChI=1S/C13H15N3O3/c1-7-8(2)19-11(16-7)6-15-13(18)9-4-3-5-10(14)12(9)17/h3-5,17H,6,14H2,1-2H3,(H,15,18). The third kappa shape index (κ3) is 2.67. The zero-order chi connectivity index (χ0) is 14.0. The van der Waals surface area contributed by atoms with Gasteiger partial charge in [0.15, 0.2) is 5.75 Å². The van der Waals surface area contributed by atoms with Crippen molar-refractivity contribution in [1.29, 1.82) is 0 Å². The predicted molar refractivity (Wildman–Crippen MR) is 69.7 cm³/mol. The van der Waals surface area contributed by atoms with Crippen molar-refractivity contribution in [3.8, 4) is 5.75 Å². The Morgan fingerprint density at radius 3 is 2.84 bits per heavy atom. The average molecular weight is 261 g/mol. The largest absolute Gasteiger partial charge is 0.505 e. The highest BCUT2D eigenvalue weighted by atomic mass is 16.4. The van der Waals surface area contributed by atoms with Crippen molar-refractivity contribution in [2.24, 2.45) is 0 Å². The molecule has 1 aromatic carbocycles. The molecule has 0 saturated carbocycles. The Kier molecular flexibility index (Phi) is 3.41. The number of carbonyl (C=O) groups is 1. The minimum Gasteiger partial charge on any atom is -0.505 e. The molecule has 2 aromatic rings. The number of phenolic OH excluding ortho intramolecular Hbond substituents is 1. The number of amides is 1. The zero-order valence-corrected chi connectivity index (χ0v) is 10.7. The Morgan fingerprint density at radius 2 is 2.21 bits per heavy atom. The number of anilines is 1. The molecule has 0 radical (unpaired) electrons. The Bertz CT molecular complexity index is 600. The summed E-state index contributed by atoms with van der Waals surface area (Å²) in [4.78, 5) is 16.0. The van der Waals surface area contributed by atoms with E-state index in [0.717, 1.165) is 11.5 Å². The van der Waals surface area contributed by atoms with Crippen molar-refractivity contribution in [3.63, 3.8) is 0 Å². The van der Waals surface area contributed by atoms with E-state index in [0.29, 0.717) is 5.89 Å². The molecule has 0 bridgehead atoms. The number of carbonyl (C=O) groups excluding carboxylic acids is 1. The highest BCUT2D eigenvalue weighted by Crippen LogP contribution is 2.24. The van der Waals surface area contributed by atoms with Crippen LogP contribution in [0.3, 0.4) is 0 Å². The first-order chi connectivity index (χ1) is 8.99. The molecule has 0 saturated heterocycles. The molecule has 4 N–H and O–H groups in total. The summed E-state index contributed by atoms with van der Waals surface area (Å²) in [5, 5.41) is 12.3. The van der Waals surface area contributed by atoms with Gasteiger partial charge < -0.3 is 20.6 Å². The van der Waals surface area contributed by atoms with Crippen LogP contribution in [0.15, 0.2) is 22.6 Å². The summed E-state index contributed by atoms with van der Waals surface area (Å²) >= 11 is 0. The van der Waals surface area contributed by atoms with Crippen LogP contribution >= 0.6 is 0 Å². The Balaban J connectivity index is 2.07. The van der Waals surface area contributed by atoms with E-state index < -0.39 is 5.91 Å². The highest BCUT2D eigenvalue weighted by molar-refractivity contribution is 5.98. The topological polar surface area (TPSA) is 101 Å². The summed E-state index contributed by atoms with van der Waals surface area (Å²) in [5.74, 6) is 0.487. The second-order valence-electron chi connectivity index (χ2n) is 4.18. The molecule has 0 fully saturated rings. The van der Waals surface area contributed by atoms with E-state index in [9.17, 15) is 9.90 Å². The number of hydrogen-bond donors (Lipinski definition) is 3. The number of hydrogen-bond acceptors (Lipinski definition) is 5. The maximum atomic E-state index is 11.9. The quantitative estimate of drug-likeness (QED) is 0.574. The number of nitrogens with one attached hydrogen (secondary N) is 1. The summed E-state index contributed by atoms with van der Waals surface area (Å²) < 4.78 is 5.34. The number of aromatic nitrogens is 1. The molecule has 1 heterocycles. The smallest absolute Gasteiger partial charge is 0.255 e. The predicted octanol–water partition coefficient (Wildman–Crippen LogP) is 1.51. The van der Waals surface area contributed by atoms with Gasteiger partial charge in [0.05, 0.1) is 23.5 Å². The van der Waals surface area contributed by atoms with Crippen LogP contribution in [0, 0.1) is 13.8 Å². The van der Waals surface area contributed by atoms with E-state index in [1.54, 1.807) is 13.0 Å². The molecule has 6 heteroatoms. The third-order valence-electron chi connectivity index (χ3n) is 2.78. The molecule has 19 heavy (non-hydrogen) atoms. The number of nitrogens with zero attached hydrogens (tertiary/aromatic N) is 1. The number of aromatic hydroxyl groups is 1. The second-order valence-corrected chi connectivity index (χ2v) is 4.18. The van der Waals surface area contributed by atoms with Crippen molar-refractivity contribution in [2.45, 2.75) is 20.4 Å². The van der Waals surface area contributed by atoms with Gasteiger partial charge in [-0.15, -0.1) is 0 Å². The lowest BCUT2D eigenvalue weighted by Gasteiger charge is -2.06. The molecule has 0 aliphatic heterocycles. The number of oxazole rings is 1. The van der Waals surface area contributed by atoms with E-state index in [2.05, 4.69) is 10.3 Å². The fraction of sp³-hybridized carbons (Fsp3) is 0.231. The maximum absolute atomic E-state index is 11.9. The van der Waals surface area contributed by atoms with Crippen LogP contribution in [0.2, 0.25) is 0 Å². The number of rotatable bonds is 3. The fourth-order valence-corrected chi connectivity index (χ4v) is 1.61. The molecule has 2 rings (SSSR count). The summed E-state index contributed by atoms with van der Waals surface area (Å²) in [7, 11) is 0. The van der Waals surface area contributed by atoms with Gasteiger partial charge in [0.1, 0.15) is 5.76 Å². The maximum Gasteiger partial charge on any atom is 0.255 e. The molecule has 0 atom stereocenters. The fourth-order valence-electron chi connectivity index (χ4n) is 1.61. The summed E-state index contributed by atoms with van der Waals surface area (Å²) in [6.07, 6.45) is 0. The number of phenols is 1. The molecule has 100 valence electrons. The van der Waals surface area contributed by atoms with Gasteiger partial charge in [-0.2, -0.15) is 0 Å². The van der Waals surface area contributed by atoms with Gasteiger partial charge in [-0.3, -0.25) is 4.79 Å². The van der Waals surface area contributed by atoms with E-state index in [-0.39, 0.29) is 23.5 Å². The van der Waals surface area contributed by atoms with Gasteiger partial charge in [-0.1, -0.05) is 6.07 Å². The van der Waals surface area contributed by atoms with Crippen molar-refractivity contribution < 1.29 is 14.3 Å². The number of nitrogens with two attached hydrogens (primary N) is 1. The van der Waals surface area contributed by atoms with E-state index in [1.807, 2.05) is 6.92 Å². The van der Waals surface area contributed by atoms with Crippen LogP contribution < -0.4 is 11.1 Å². The van der Waals surface area contributed by atoms with Crippen molar-refractivity contribution >= 4 is 11.6 Å². The van der Waals surface area contributed by atoms with Crippen LogP contribution in [0.4, 0.5) is 5.69 Å². The first kappa shape index (κ1) is 12.9. The van der Waals surface area contributed by atoms with Gasteiger partial charge in [-0.25, -0.2) is 4.98 Å². The molecule has 0 aliphatic rings. The Morgan fingerprint density at radius 1 is 1.47 bits per heavy atom. The molecule has 0 unspecified atom stereocenters. The summed E-state index contributed by atoms with van der Waals surface area (Å²) in [6.45, 7) is 3.78. The van der Waals surface area contributed by atoms with Crippen LogP contribution in [0.5, 0.6) is 5.75 Å². The summed E-state index contributed by atoms with van der Waals surface area (Å²) in [5.41, 5.74) is 6.60. The van der Waals surface area contributed by atoms with Crippen molar-refractivity contribution in [2.75, 3.05) is 5.73 Å². The van der Waals surface area contributed by atoms with Crippen LogP contribution in [-0.4, -0.2) is 16.0 Å². The van der Waals surface area contributed by atoms with Gasteiger partial charge in [0.2, 0.25) is 5.89 Å². The van der Waals surface area contributed by atoms with Gasteiger partial charge >= 0.3 is 0 Å². The molecular weight excluding hydrogens is 246 g/mol. The third-order valence-corrected chi connectivity index (χ3v) is 2.78. The molecule has 0 spiro atoms. The van der Waals surface area contributed by atoms with E-state index in [1.165, 1.54) is 12.1 Å². The molecular formula is C13H15N3O3. The number of aryl methyl sites for hydroxylation is 2. The Hall–Kier alpha value is -2.50. The molecule has 1 aromatic heterocycles. The molecule has 0 aliphatic carbocycles. The number of para-hydroxylation sites is 1. The van der Waals surface area contributed by atoms with Gasteiger partial charge in [-0.05, 0) is 26.0 Å². The average Bonchev–Trinajstić information content (AvgIpc) is 2.69. The second kappa shape index (κ2) is 5.01. The first-order valence-corrected chi connectivity index (χ1v) is 5.77. The van der Waals surface area contributed by atoms with Gasteiger partial charge in [0, 0.05) is 0 Å². The van der Waals surface area contributed by atoms with Crippen molar-refractivity contribution in [3.05, 3.63) is 41.1 Å². The monoisotopic (exact) mass is 261 g/mol. The lowest BCUT2D eigenvalue weighted by Crippen LogP contribution is -2.23. The van der Waals surface area contributed by atoms with Crippen molar-refractivity contribution in [1.82, 2.24) is 10.3 Å². The Labute approximate surface area is 110 Å². The minimum atomic E-state index is -0.432. The van der Waals surface area contributed by atoms with Crippen LogP contribution in [0.25, 0.3) is 0 Å². The van der Waals surface area contributed by atoms with E-state index >= 15 is 0 Å². The van der Waals surface area contributed by atoms with Crippen LogP contribution in [0.1, 0.15) is 27.7 Å². The number of benzene rings is 1. The van der Waals surface area contributed by atoms with E-state index in [4.69, 9.17) is 10.2 Å². The SMILES string of the molecule is Cc1nc(CNC(=O)c2cccc(N)c2O)oc1C. The lowest BCUT2D eigenvalue weighted by atomic mass is 10.1. The lowest BCUT2D eigenvalue weighted by molar-refractivity contribution is 0.0944. The number of nitrogen functional groups attached to an aromatic ring is 1. The van der Waals surface area contributed by atoms with Gasteiger partial charge in [0.25, 0.3) is 5.91 Å². The molecule has 1 amide bonds. The zero-order valence-electron chi connectivity index (χ0n) is 10.7. The highest BCUT2D eigenvalue weighted by Gasteiger charge is 2.14. The first-order valence-electron chi connectivity index (χ1n) is 5.77. The van der Waals surface area contributed by atoms with Crippen LogP contribution in [-0.2, 0) is 6.54 Å². The minimum absolute atomic E-state index is 0.125.